The summed E-state index contributed by atoms with van der Waals surface area (Å²) < 4.78 is 5.72. The van der Waals surface area contributed by atoms with Crippen LogP contribution in [-0.2, 0) is 4.79 Å². The zero-order valence-electron chi connectivity index (χ0n) is 16.3. The third kappa shape index (κ3) is 5.64. The number of nitro benzene ring substituents is 1. The van der Waals surface area contributed by atoms with Gasteiger partial charge in [-0.2, -0.15) is 0 Å². The normalized spacial score (nSPS) is 11.1. The topological polar surface area (TPSA) is 135 Å². The Bertz CT molecular complexity index is 1100. The number of aliphatic hydroxyl groups is 1. The van der Waals surface area contributed by atoms with E-state index in [1.807, 2.05) is 0 Å². The number of benzene rings is 2. The van der Waals surface area contributed by atoms with Crippen LogP contribution in [-0.4, -0.2) is 35.0 Å². The predicted octanol–water partition coefficient (Wildman–Crippen LogP) is 2.73. The fraction of sp³-hybridized carbons (Fsp3) is 0.0909. The first-order valence-electron chi connectivity index (χ1n) is 9.30. The van der Waals surface area contributed by atoms with E-state index in [2.05, 4.69) is 10.6 Å². The Balaban J connectivity index is 1.84. The molecule has 31 heavy (non-hydrogen) atoms. The lowest BCUT2D eigenvalue weighted by atomic mass is 10.1. The smallest absolute Gasteiger partial charge is 0.269 e. The van der Waals surface area contributed by atoms with Gasteiger partial charge in [0.15, 0.2) is 0 Å². The van der Waals surface area contributed by atoms with Gasteiger partial charge < -0.3 is 20.2 Å². The minimum atomic E-state index is -0.591. The van der Waals surface area contributed by atoms with Crippen LogP contribution in [0.3, 0.4) is 0 Å². The summed E-state index contributed by atoms with van der Waals surface area (Å²) in [6.07, 6.45) is 1.36. The number of non-ortho nitro benzene ring substituents is 1. The van der Waals surface area contributed by atoms with Gasteiger partial charge in [-0.3, -0.25) is 19.7 Å². The molecule has 0 aliphatic heterocycles. The number of carbonyl (C=O) groups is 2. The van der Waals surface area contributed by atoms with Crippen LogP contribution < -0.4 is 10.6 Å². The van der Waals surface area contributed by atoms with E-state index in [0.717, 1.165) is 0 Å². The molecule has 3 aromatic rings. The number of nitrogens with one attached hydrogen (secondary N) is 2. The van der Waals surface area contributed by atoms with Gasteiger partial charge in [-0.15, -0.1) is 0 Å². The minimum absolute atomic E-state index is 0.0174. The van der Waals surface area contributed by atoms with Gasteiger partial charge in [0.2, 0.25) is 0 Å². The molecule has 0 saturated heterocycles. The Kier molecular flexibility index (Phi) is 6.92. The van der Waals surface area contributed by atoms with Crippen molar-refractivity contribution in [3.63, 3.8) is 0 Å². The molecule has 0 bridgehead atoms. The predicted molar refractivity (Wildman–Crippen MR) is 113 cm³/mol. The molecule has 0 saturated carbocycles. The number of hydrogen-bond donors (Lipinski definition) is 3. The van der Waals surface area contributed by atoms with E-state index in [0.29, 0.717) is 16.9 Å². The quantitative estimate of drug-likeness (QED) is 0.291. The van der Waals surface area contributed by atoms with Gasteiger partial charge in [-0.25, -0.2) is 0 Å². The van der Waals surface area contributed by atoms with Gasteiger partial charge in [-0.05, 0) is 36.4 Å². The molecule has 3 rings (SSSR count). The third-order valence-corrected chi connectivity index (χ3v) is 4.20. The van der Waals surface area contributed by atoms with Crippen LogP contribution in [0.5, 0.6) is 0 Å². The van der Waals surface area contributed by atoms with Gasteiger partial charge in [0.1, 0.15) is 17.2 Å². The Morgan fingerprint density at radius 1 is 1.03 bits per heavy atom. The number of nitro groups is 1. The second kappa shape index (κ2) is 9.99. The number of furan rings is 1. The van der Waals surface area contributed by atoms with Crippen LogP contribution in [0, 0.1) is 10.1 Å². The molecule has 3 N–H and O–H groups in total. The number of hydrogen-bond acceptors (Lipinski definition) is 6. The summed E-state index contributed by atoms with van der Waals surface area (Å²) in [4.78, 5) is 35.2. The fourth-order valence-electron chi connectivity index (χ4n) is 2.68. The maximum atomic E-state index is 12.5. The lowest BCUT2D eigenvalue weighted by Crippen LogP contribution is -2.36. The summed E-state index contributed by atoms with van der Waals surface area (Å²) in [5.74, 6) is -0.346. The van der Waals surface area contributed by atoms with Crippen molar-refractivity contribution in [1.82, 2.24) is 10.6 Å². The van der Waals surface area contributed by atoms with E-state index in [4.69, 9.17) is 9.52 Å². The lowest BCUT2D eigenvalue weighted by molar-refractivity contribution is -0.384. The van der Waals surface area contributed by atoms with Crippen molar-refractivity contribution in [1.29, 1.82) is 0 Å². The largest absolute Gasteiger partial charge is 0.457 e. The van der Waals surface area contributed by atoms with Crippen molar-refractivity contribution >= 4 is 23.6 Å². The molecule has 0 atom stereocenters. The number of aliphatic hydroxyl groups excluding tert-OH is 1. The highest BCUT2D eigenvalue weighted by molar-refractivity contribution is 6.05. The molecule has 158 valence electrons. The molecule has 2 aromatic carbocycles. The van der Waals surface area contributed by atoms with Crippen LogP contribution in [0.4, 0.5) is 5.69 Å². The molecule has 9 heteroatoms. The summed E-state index contributed by atoms with van der Waals surface area (Å²) in [6.45, 7) is -0.236. The molecule has 1 heterocycles. The molecule has 2 amide bonds. The zero-order valence-corrected chi connectivity index (χ0v) is 16.3. The van der Waals surface area contributed by atoms with Gasteiger partial charge >= 0.3 is 0 Å². The van der Waals surface area contributed by atoms with E-state index >= 15 is 0 Å². The first kappa shape index (κ1) is 21.5. The van der Waals surface area contributed by atoms with Crippen LogP contribution in [0.15, 0.2) is 76.8 Å². The van der Waals surface area contributed by atoms with Crippen molar-refractivity contribution in [2.24, 2.45) is 0 Å². The van der Waals surface area contributed by atoms with Gasteiger partial charge in [-0.1, -0.05) is 18.2 Å². The molecule has 1 aromatic heterocycles. The van der Waals surface area contributed by atoms with Gasteiger partial charge in [0.25, 0.3) is 17.5 Å². The maximum absolute atomic E-state index is 12.5. The molecule has 9 nitrogen and oxygen atoms in total. The summed E-state index contributed by atoms with van der Waals surface area (Å²) in [5.41, 5.74) is 0.882. The SMILES string of the molecule is O=C(NCCO)C(=Cc1ccc(-c2ccc([N+](=O)[O-])cc2)o1)NC(=O)c1ccccc1. The average molecular weight is 421 g/mol. The summed E-state index contributed by atoms with van der Waals surface area (Å²) in [5, 5.41) is 24.8. The molecule has 0 spiro atoms. The van der Waals surface area contributed by atoms with E-state index < -0.39 is 16.7 Å². The summed E-state index contributed by atoms with van der Waals surface area (Å²) in [6, 6.07) is 17.5. The molecule has 0 aliphatic carbocycles. The van der Waals surface area contributed by atoms with Crippen molar-refractivity contribution in [3.05, 3.63) is 93.9 Å². The minimum Gasteiger partial charge on any atom is -0.457 e. The van der Waals surface area contributed by atoms with Crippen LogP contribution in [0.25, 0.3) is 17.4 Å². The summed E-state index contributed by atoms with van der Waals surface area (Å²) >= 11 is 0. The van der Waals surface area contributed by atoms with E-state index in [1.165, 1.54) is 18.2 Å². The standard InChI is InChI=1S/C22H19N3O6/c26-13-12-23-22(28)19(24-21(27)16-4-2-1-3-5-16)14-18-10-11-20(31-18)15-6-8-17(9-7-15)25(29)30/h1-11,14,26H,12-13H2,(H,23,28)(H,24,27). The van der Waals surface area contributed by atoms with Crippen LogP contribution in [0.1, 0.15) is 16.1 Å². The van der Waals surface area contributed by atoms with E-state index in [-0.39, 0.29) is 30.3 Å². The summed E-state index contributed by atoms with van der Waals surface area (Å²) in [7, 11) is 0. The van der Waals surface area contributed by atoms with Crippen molar-refractivity contribution in [2.75, 3.05) is 13.2 Å². The second-order valence-electron chi connectivity index (χ2n) is 6.36. The fourth-order valence-corrected chi connectivity index (χ4v) is 2.68. The van der Waals surface area contributed by atoms with Gasteiger partial charge in [0, 0.05) is 35.9 Å². The molecular formula is C22H19N3O6. The van der Waals surface area contributed by atoms with Crippen molar-refractivity contribution in [3.8, 4) is 11.3 Å². The van der Waals surface area contributed by atoms with E-state index in [1.54, 1.807) is 54.6 Å². The van der Waals surface area contributed by atoms with Crippen molar-refractivity contribution in [2.45, 2.75) is 0 Å². The van der Waals surface area contributed by atoms with Crippen molar-refractivity contribution < 1.29 is 24.0 Å². The zero-order chi connectivity index (χ0) is 22.2. The highest BCUT2D eigenvalue weighted by atomic mass is 16.6. The van der Waals surface area contributed by atoms with Crippen LogP contribution >= 0.6 is 0 Å². The lowest BCUT2D eigenvalue weighted by Gasteiger charge is -2.10. The average Bonchev–Trinajstić information content (AvgIpc) is 3.26. The Hall–Kier alpha value is -4.24. The number of amides is 2. The third-order valence-electron chi connectivity index (χ3n) is 4.20. The Morgan fingerprint density at radius 2 is 1.74 bits per heavy atom. The number of rotatable bonds is 8. The highest BCUT2D eigenvalue weighted by Crippen LogP contribution is 2.25. The molecule has 0 unspecified atom stereocenters. The molecule has 0 aliphatic rings. The van der Waals surface area contributed by atoms with Gasteiger partial charge in [0.05, 0.1) is 11.5 Å². The second-order valence-corrected chi connectivity index (χ2v) is 6.36. The maximum Gasteiger partial charge on any atom is 0.269 e. The Labute approximate surface area is 177 Å². The van der Waals surface area contributed by atoms with E-state index in [9.17, 15) is 19.7 Å². The molecule has 0 fully saturated rings. The Morgan fingerprint density at radius 3 is 2.39 bits per heavy atom. The molecular weight excluding hydrogens is 402 g/mol. The number of carbonyl (C=O) groups excluding carboxylic acids is 2. The first-order valence-corrected chi connectivity index (χ1v) is 9.30. The molecule has 0 radical (unpaired) electrons. The highest BCUT2D eigenvalue weighted by Gasteiger charge is 2.15. The monoisotopic (exact) mass is 421 g/mol. The number of nitrogens with zero attached hydrogens (tertiary/aromatic N) is 1. The van der Waals surface area contributed by atoms with Crippen LogP contribution in [0.2, 0.25) is 0 Å². The first-order chi connectivity index (χ1) is 15.0.